The molecule has 0 atom stereocenters. The van der Waals surface area contributed by atoms with Gasteiger partial charge in [-0.15, -0.1) is 0 Å². The number of ether oxygens (including phenoxy) is 1. The Balaban J connectivity index is 2.18. The van der Waals surface area contributed by atoms with Gasteiger partial charge in [-0.2, -0.15) is 0 Å². The smallest absolute Gasteiger partial charge is 0.192 e. The molecule has 0 spiro atoms. The Morgan fingerprint density at radius 2 is 2.12 bits per heavy atom. The molecule has 0 unspecified atom stereocenters. The summed E-state index contributed by atoms with van der Waals surface area (Å²) in [6, 6.07) is 4.40. The summed E-state index contributed by atoms with van der Waals surface area (Å²) < 4.78 is 5.39. The first-order valence-corrected chi connectivity index (χ1v) is 5.01. The van der Waals surface area contributed by atoms with Crippen molar-refractivity contribution in [3.8, 4) is 11.5 Å². The van der Waals surface area contributed by atoms with Gasteiger partial charge in [-0.3, -0.25) is 9.59 Å². The maximum Gasteiger partial charge on any atom is 0.192 e. The molecule has 0 radical (unpaired) electrons. The summed E-state index contributed by atoms with van der Waals surface area (Å²) in [5.74, 6) is -0.109. The molecule has 0 bridgehead atoms. The second-order valence-electron chi connectivity index (χ2n) is 3.79. The van der Waals surface area contributed by atoms with Crippen LogP contribution in [0, 0.1) is 0 Å². The first-order valence-electron chi connectivity index (χ1n) is 5.01. The number of hydrogen-bond donors (Lipinski definition) is 1. The molecule has 2 aliphatic rings. The molecule has 5 heteroatoms. The average molecular weight is 229 g/mol. The molecule has 1 aliphatic heterocycles. The fourth-order valence-corrected chi connectivity index (χ4v) is 1.76. The number of nitrogens with zero attached hydrogens (tertiary/aromatic N) is 1. The van der Waals surface area contributed by atoms with Gasteiger partial charge in [0.05, 0.1) is 6.42 Å². The van der Waals surface area contributed by atoms with Crippen LogP contribution in [0.2, 0.25) is 0 Å². The molecule has 1 heterocycles. The van der Waals surface area contributed by atoms with Crippen LogP contribution in [0.1, 0.15) is 6.42 Å². The summed E-state index contributed by atoms with van der Waals surface area (Å²) in [5, 5.41) is 9.31. The number of allylic oxidation sites excluding steroid dienone is 2. The molecule has 0 aromatic heterocycles. The van der Waals surface area contributed by atoms with Gasteiger partial charge in [0.15, 0.2) is 23.1 Å². The topological polar surface area (TPSA) is 76.0 Å². The van der Waals surface area contributed by atoms with E-state index in [0.717, 1.165) is 0 Å². The van der Waals surface area contributed by atoms with Crippen molar-refractivity contribution < 1.29 is 19.4 Å². The molecule has 5 nitrogen and oxygen atoms in total. The van der Waals surface area contributed by atoms with Crippen molar-refractivity contribution in [3.05, 3.63) is 30.0 Å². The SMILES string of the molecule is O=C1C=C2Oc3cc(O)ccc3N=C2C(=O)C1. The molecular formula is C12H7NO4. The Morgan fingerprint density at radius 3 is 2.94 bits per heavy atom. The lowest BCUT2D eigenvalue weighted by Gasteiger charge is -2.20. The standard InChI is InChI=1S/C12H7NO4/c14-6-1-2-8-10(4-6)17-11-5-7(15)3-9(16)12(11)13-8/h1-2,4-5,14H,3H2. The number of ketones is 2. The first-order chi connectivity index (χ1) is 8.13. The van der Waals surface area contributed by atoms with Gasteiger partial charge in [-0.1, -0.05) is 0 Å². The molecule has 1 aromatic rings. The van der Waals surface area contributed by atoms with Gasteiger partial charge in [-0.25, -0.2) is 4.99 Å². The van der Waals surface area contributed by atoms with E-state index >= 15 is 0 Å². The number of Topliss-reactive ketones (excluding diaryl/α,β-unsaturated/α-hetero) is 1. The Bertz CT molecular complexity index is 613. The van der Waals surface area contributed by atoms with Gasteiger partial charge in [0.25, 0.3) is 0 Å². The first kappa shape index (κ1) is 9.77. The van der Waals surface area contributed by atoms with Gasteiger partial charge >= 0.3 is 0 Å². The van der Waals surface area contributed by atoms with Crippen molar-refractivity contribution in [2.45, 2.75) is 6.42 Å². The monoisotopic (exact) mass is 229 g/mol. The highest BCUT2D eigenvalue weighted by Gasteiger charge is 2.30. The molecule has 1 aromatic carbocycles. The second kappa shape index (κ2) is 3.28. The van der Waals surface area contributed by atoms with Crippen LogP contribution in [-0.2, 0) is 9.59 Å². The van der Waals surface area contributed by atoms with Crippen LogP contribution in [0.4, 0.5) is 5.69 Å². The van der Waals surface area contributed by atoms with E-state index in [1.807, 2.05) is 0 Å². The van der Waals surface area contributed by atoms with Crippen molar-refractivity contribution in [1.29, 1.82) is 0 Å². The Labute approximate surface area is 96.0 Å². The third-order valence-corrected chi connectivity index (χ3v) is 2.52. The number of benzene rings is 1. The minimum Gasteiger partial charge on any atom is -0.508 e. The van der Waals surface area contributed by atoms with E-state index in [2.05, 4.69) is 4.99 Å². The van der Waals surface area contributed by atoms with Crippen LogP contribution < -0.4 is 4.74 Å². The van der Waals surface area contributed by atoms with Crippen molar-refractivity contribution in [2.75, 3.05) is 0 Å². The molecule has 0 fully saturated rings. The molecule has 0 saturated carbocycles. The minimum atomic E-state index is -0.341. The molecule has 1 aliphatic carbocycles. The van der Waals surface area contributed by atoms with E-state index in [1.165, 1.54) is 18.2 Å². The number of aliphatic imine (C=N–C) groups is 1. The van der Waals surface area contributed by atoms with Gasteiger partial charge in [0.1, 0.15) is 17.1 Å². The van der Waals surface area contributed by atoms with Crippen LogP contribution in [-0.4, -0.2) is 22.4 Å². The lowest BCUT2D eigenvalue weighted by molar-refractivity contribution is -0.121. The number of carbonyl (C=O) groups is 2. The van der Waals surface area contributed by atoms with Crippen LogP contribution in [0.5, 0.6) is 11.5 Å². The maximum atomic E-state index is 11.6. The number of phenolic OH excluding ortho intramolecular Hbond substituents is 1. The van der Waals surface area contributed by atoms with E-state index in [4.69, 9.17) is 4.74 Å². The molecule has 84 valence electrons. The molecular weight excluding hydrogens is 222 g/mol. The summed E-state index contributed by atoms with van der Waals surface area (Å²) >= 11 is 0. The zero-order chi connectivity index (χ0) is 12.0. The van der Waals surface area contributed by atoms with E-state index in [9.17, 15) is 14.7 Å². The normalized spacial score (nSPS) is 17.6. The van der Waals surface area contributed by atoms with Gasteiger partial charge in [-0.05, 0) is 12.1 Å². The molecule has 3 rings (SSSR count). The predicted octanol–water partition coefficient (Wildman–Crippen LogP) is 1.28. The number of rotatable bonds is 0. The highest BCUT2D eigenvalue weighted by Crippen LogP contribution is 2.37. The van der Waals surface area contributed by atoms with Crippen LogP contribution in [0.3, 0.4) is 0 Å². The van der Waals surface area contributed by atoms with Crippen molar-refractivity contribution >= 4 is 23.0 Å². The van der Waals surface area contributed by atoms with Crippen molar-refractivity contribution in [3.63, 3.8) is 0 Å². The lowest BCUT2D eigenvalue weighted by atomic mass is 10.00. The van der Waals surface area contributed by atoms with E-state index < -0.39 is 0 Å². The number of phenols is 1. The average Bonchev–Trinajstić information content (AvgIpc) is 2.26. The van der Waals surface area contributed by atoms with Crippen molar-refractivity contribution in [1.82, 2.24) is 0 Å². The molecule has 1 N–H and O–H groups in total. The zero-order valence-corrected chi connectivity index (χ0v) is 8.64. The summed E-state index contributed by atoms with van der Waals surface area (Å²) in [7, 11) is 0. The van der Waals surface area contributed by atoms with Crippen LogP contribution in [0.15, 0.2) is 35.0 Å². The van der Waals surface area contributed by atoms with E-state index in [-0.39, 0.29) is 35.2 Å². The number of hydrogen-bond acceptors (Lipinski definition) is 5. The fraction of sp³-hybridized carbons (Fsp3) is 0.0833. The van der Waals surface area contributed by atoms with E-state index in [1.54, 1.807) is 6.07 Å². The Hall–Kier alpha value is -2.43. The largest absolute Gasteiger partial charge is 0.508 e. The lowest BCUT2D eigenvalue weighted by Crippen LogP contribution is -2.29. The summed E-state index contributed by atoms with van der Waals surface area (Å²) in [6.07, 6.45) is 1.09. The Kier molecular flexibility index (Phi) is 1.89. The minimum absolute atomic E-state index is 0.0384. The molecule has 0 saturated heterocycles. The molecule has 17 heavy (non-hydrogen) atoms. The quantitative estimate of drug-likeness (QED) is 0.680. The van der Waals surface area contributed by atoms with Crippen LogP contribution in [0.25, 0.3) is 0 Å². The Morgan fingerprint density at radius 1 is 1.29 bits per heavy atom. The van der Waals surface area contributed by atoms with Gasteiger partial charge < -0.3 is 9.84 Å². The van der Waals surface area contributed by atoms with Crippen molar-refractivity contribution in [2.24, 2.45) is 4.99 Å². The molecule has 0 amide bonds. The summed E-state index contributed by atoms with van der Waals surface area (Å²) in [4.78, 5) is 27.0. The number of fused-ring (bicyclic) bond motifs is 2. The fourth-order valence-electron chi connectivity index (χ4n) is 1.76. The van der Waals surface area contributed by atoms with E-state index in [0.29, 0.717) is 11.4 Å². The summed E-state index contributed by atoms with van der Waals surface area (Å²) in [5.41, 5.74) is 0.639. The number of aromatic hydroxyl groups is 1. The second-order valence-corrected chi connectivity index (χ2v) is 3.79. The van der Waals surface area contributed by atoms with Gasteiger partial charge in [0.2, 0.25) is 0 Å². The predicted molar refractivity (Wildman–Crippen MR) is 58.5 cm³/mol. The third-order valence-electron chi connectivity index (χ3n) is 2.52. The highest BCUT2D eigenvalue weighted by atomic mass is 16.5. The van der Waals surface area contributed by atoms with Gasteiger partial charge in [0, 0.05) is 12.1 Å². The number of carbonyl (C=O) groups excluding carboxylic acids is 2. The zero-order valence-electron chi connectivity index (χ0n) is 8.64. The summed E-state index contributed by atoms with van der Waals surface area (Å²) in [6.45, 7) is 0. The highest BCUT2D eigenvalue weighted by molar-refractivity contribution is 6.51. The maximum absolute atomic E-state index is 11.6. The third kappa shape index (κ3) is 1.52. The van der Waals surface area contributed by atoms with Crippen LogP contribution >= 0.6 is 0 Å².